The van der Waals surface area contributed by atoms with E-state index in [0.29, 0.717) is 24.4 Å². The zero-order chi connectivity index (χ0) is 18.1. The van der Waals surface area contributed by atoms with Crippen molar-refractivity contribution in [3.8, 4) is 6.07 Å². The normalized spacial score (nSPS) is 19.2. The van der Waals surface area contributed by atoms with Crippen molar-refractivity contribution in [3.63, 3.8) is 0 Å². The summed E-state index contributed by atoms with van der Waals surface area (Å²) in [4.78, 5) is 31.6. The molecule has 134 valence electrons. The minimum Gasteiger partial charge on any atom is -0.341 e. The summed E-state index contributed by atoms with van der Waals surface area (Å²) in [5.74, 6) is 0.727. The smallest absolute Gasteiger partial charge is 0.341 e. The Morgan fingerprint density at radius 3 is 2.77 bits per heavy atom. The van der Waals surface area contributed by atoms with Gasteiger partial charge in [0.2, 0.25) is 5.91 Å². The monoisotopic (exact) mass is 352 g/mol. The highest BCUT2D eigenvalue weighted by Gasteiger charge is 2.34. The molecule has 0 aromatic carbocycles. The largest absolute Gasteiger partial charge is 0.346 e. The van der Waals surface area contributed by atoms with Crippen molar-refractivity contribution in [2.24, 2.45) is 0 Å². The molecule has 26 heavy (non-hydrogen) atoms. The Hall–Kier alpha value is -2.95. The van der Waals surface area contributed by atoms with E-state index in [1.54, 1.807) is 22.9 Å². The molecule has 2 aromatic heterocycles. The van der Waals surface area contributed by atoms with E-state index in [9.17, 15) is 9.59 Å². The lowest BCUT2D eigenvalue weighted by atomic mass is 10.0. The van der Waals surface area contributed by atoms with Gasteiger partial charge in [0.1, 0.15) is 23.6 Å². The molecule has 0 N–H and O–H groups in total. The average molecular weight is 352 g/mol. The molecule has 0 saturated carbocycles. The Morgan fingerprint density at radius 1 is 1.27 bits per heavy atom. The number of carbonyl (C=O) groups is 1. The zero-order valence-corrected chi connectivity index (χ0v) is 14.5. The minimum absolute atomic E-state index is 0.0464. The first-order valence-electron chi connectivity index (χ1n) is 8.99. The van der Waals surface area contributed by atoms with Crippen LogP contribution in [0.3, 0.4) is 0 Å². The molecule has 4 rings (SSSR count). The van der Waals surface area contributed by atoms with Gasteiger partial charge in [0.15, 0.2) is 0 Å². The van der Waals surface area contributed by atoms with E-state index in [-0.39, 0.29) is 18.1 Å². The number of hydrogen-bond donors (Lipinski definition) is 0. The van der Waals surface area contributed by atoms with Crippen molar-refractivity contribution >= 4 is 5.91 Å². The van der Waals surface area contributed by atoms with E-state index in [4.69, 9.17) is 5.26 Å². The standard InChI is InChI=1S/C18H20N6O2/c19-10-14-7-6-13(11-20-14)12-23-18(26)24-15(4-3-5-16(24)21-23)17(25)22-8-1-2-9-22/h6-7,11,15H,1-5,8-9,12H2/t15-/m1/s1. The number of hydrogen-bond acceptors (Lipinski definition) is 5. The van der Waals surface area contributed by atoms with Gasteiger partial charge in [-0.1, -0.05) is 6.07 Å². The number of carbonyl (C=O) groups excluding carboxylic acids is 1. The van der Waals surface area contributed by atoms with Gasteiger partial charge in [-0.05, 0) is 37.3 Å². The fourth-order valence-corrected chi connectivity index (χ4v) is 3.77. The van der Waals surface area contributed by atoms with Gasteiger partial charge < -0.3 is 4.90 Å². The molecular weight excluding hydrogens is 332 g/mol. The van der Waals surface area contributed by atoms with Crippen molar-refractivity contribution in [2.75, 3.05) is 13.1 Å². The SMILES string of the molecule is N#Cc1ccc(Cn2nc3n(c2=O)[C@@H](C(=O)N2CCCC2)CCC3)cn1. The summed E-state index contributed by atoms with van der Waals surface area (Å²) in [6, 6.07) is 4.93. The van der Waals surface area contributed by atoms with E-state index < -0.39 is 6.04 Å². The first kappa shape index (κ1) is 16.5. The number of nitriles is 1. The second-order valence-electron chi connectivity index (χ2n) is 6.83. The predicted molar refractivity (Wildman–Crippen MR) is 92.3 cm³/mol. The molecule has 0 bridgehead atoms. The maximum atomic E-state index is 12.9. The van der Waals surface area contributed by atoms with Crippen LogP contribution in [0.15, 0.2) is 23.1 Å². The predicted octanol–water partition coefficient (Wildman–Crippen LogP) is 0.860. The second-order valence-corrected chi connectivity index (χ2v) is 6.83. The molecule has 1 saturated heterocycles. The van der Waals surface area contributed by atoms with Gasteiger partial charge in [0.25, 0.3) is 0 Å². The van der Waals surface area contributed by atoms with E-state index in [1.165, 1.54) is 4.68 Å². The molecule has 1 atom stereocenters. The second kappa shape index (κ2) is 6.75. The average Bonchev–Trinajstić information content (AvgIpc) is 3.31. The van der Waals surface area contributed by atoms with Crippen LogP contribution in [0, 0.1) is 11.3 Å². The van der Waals surface area contributed by atoms with E-state index in [1.807, 2.05) is 11.0 Å². The number of aryl methyl sites for hydroxylation is 1. The fraction of sp³-hybridized carbons (Fsp3) is 0.500. The quantitative estimate of drug-likeness (QED) is 0.816. The first-order valence-corrected chi connectivity index (χ1v) is 8.99. The molecule has 1 amide bonds. The van der Waals surface area contributed by atoms with Gasteiger partial charge in [-0.15, -0.1) is 0 Å². The minimum atomic E-state index is -0.433. The Morgan fingerprint density at radius 2 is 2.08 bits per heavy atom. The molecule has 2 aromatic rings. The number of amides is 1. The number of likely N-dealkylation sites (tertiary alicyclic amines) is 1. The molecule has 8 nitrogen and oxygen atoms in total. The lowest BCUT2D eigenvalue weighted by Crippen LogP contribution is -2.41. The van der Waals surface area contributed by atoms with Crippen LogP contribution in [0.4, 0.5) is 0 Å². The highest BCUT2D eigenvalue weighted by atomic mass is 16.2. The number of nitrogens with zero attached hydrogens (tertiary/aromatic N) is 6. The van der Waals surface area contributed by atoms with Crippen LogP contribution in [-0.2, 0) is 17.8 Å². The summed E-state index contributed by atoms with van der Waals surface area (Å²) in [5, 5.41) is 13.3. The van der Waals surface area contributed by atoms with E-state index >= 15 is 0 Å². The third-order valence-electron chi connectivity index (χ3n) is 5.11. The lowest BCUT2D eigenvalue weighted by molar-refractivity contribution is -0.134. The highest BCUT2D eigenvalue weighted by molar-refractivity contribution is 5.80. The van der Waals surface area contributed by atoms with Crippen LogP contribution in [-0.4, -0.2) is 43.2 Å². The van der Waals surface area contributed by atoms with Crippen LogP contribution in [0.5, 0.6) is 0 Å². The Labute approximate surface area is 150 Å². The van der Waals surface area contributed by atoms with Gasteiger partial charge in [0, 0.05) is 25.7 Å². The molecule has 2 aliphatic rings. The summed E-state index contributed by atoms with van der Waals surface area (Å²) in [6.45, 7) is 1.84. The van der Waals surface area contributed by atoms with Crippen LogP contribution in [0.25, 0.3) is 0 Å². The topological polar surface area (TPSA) is 96.8 Å². The molecular formula is C18H20N6O2. The summed E-state index contributed by atoms with van der Waals surface area (Å²) in [6.07, 6.45) is 5.90. The van der Waals surface area contributed by atoms with Crippen LogP contribution in [0.2, 0.25) is 0 Å². The Balaban J connectivity index is 1.62. The highest BCUT2D eigenvalue weighted by Crippen LogP contribution is 2.25. The molecule has 2 aliphatic heterocycles. The number of rotatable bonds is 3. The van der Waals surface area contributed by atoms with E-state index in [0.717, 1.165) is 37.9 Å². The van der Waals surface area contributed by atoms with Crippen molar-refractivity contribution in [1.29, 1.82) is 5.26 Å². The summed E-state index contributed by atoms with van der Waals surface area (Å²) in [5.41, 5.74) is 0.882. The van der Waals surface area contributed by atoms with Gasteiger partial charge in [-0.25, -0.2) is 14.5 Å². The van der Waals surface area contributed by atoms with Crippen LogP contribution >= 0.6 is 0 Å². The third-order valence-corrected chi connectivity index (χ3v) is 5.11. The lowest BCUT2D eigenvalue weighted by Gasteiger charge is -2.27. The Bertz CT molecular complexity index is 915. The van der Waals surface area contributed by atoms with Gasteiger partial charge >= 0.3 is 5.69 Å². The molecule has 0 radical (unpaired) electrons. The van der Waals surface area contributed by atoms with E-state index in [2.05, 4.69) is 10.1 Å². The summed E-state index contributed by atoms with van der Waals surface area (Å²) >= 11 is 0. The number of aromatic nitrogens is 4. The molecule has 0 aliphatic carbocycles. The van der Waals surface area contributed by atoms with Crippen LogP contribution < -0.4 is 5.69 Å². The number of fused-ring (bicyclic) bond motifs is 1. The maximum absolute atomic E-state index is 12.9. The van der Waals surface area contributed by atoms with Crippen molar-refractivity contribution in [3.05, 3.63) is 45.9 Å². The summed E-state index contributed by atoms with van der Waals surface area (Å²) < 4.78 is 2.98. The number of pyridine rings is 1. The zero-order valence-electron chi connectivity index (χ0n) is 14.5. The maximum Gasteiger partial charge on any atom is 0.346 e. The van der Waals surface area contributed by atoms with Gasteiger partial charge in [-0.2, -0.15) is 10.4 Å². The van der Waals surface area contributed by atoms with Gasteiger partial charge in [-0.3, -0.25) is 9.36 Å². The van der Waals surface area contributed by atoms with Crippen molar-refractivity contribution in [2.45, 2.75) is 44.7 Å². The fourth-order valence-electron chi connectivity index (χ4n) is 3.77. The molecule has 1 fully saturated rings. The molecule has 8 heteroatoms. The Kier molecular flexibility index (Phi) is 4.29. The third kappa shape index (κ3) is 2.90. The van der Waals surface area contributed by atoms with Gasteiger partial charge in [0.05, 0.1) is 6.54 Å². The van der Waals surface area contributed by atoms with Crippen molar-refractivity contribution < 1.29 is 4.79 Å². The first-order chi connectivity index (χ1) is 12.7. The van der Waals surface area contributed by atoms with Crippen LogP contribution in [0.1, 0.15) is 48.8 Å². The molecule has 4 heterocycles. The molecule has 0 unspecified atom stereocenters. The van der Waals surface area contributed by atoms with Crippen molar-refractivity contribution in [1.82, 2.24) is 24.2 Å². The molecule has 0 spiro atoms. The summed E-state index contributed by atoms with van der Waals surface area (Å²) in [7, 11) is 0.